The first-order valence-corrected chi connectivity index (χ1v) is 4.39. The van der Waals surface area contributed by atoms with E-state index >= 15 is 0 Å². The minimum Gasteiger partial charge on any atom is -0.330 e. The molecule has 2 N–H and O–H groups in total. The van der Waals surface area contributed by atoms with Gasteiger partial charge in [-0.2, -0.15) is 0 Å². The molecule has 0 atom stereocenters. The number of allylic oxidation sites excluding steroid dienone is 1. The van der Waals surface area contributed by atoms with Gasteiger partial charge in [-0.3, -0.25) is 0 Å². The molecule has 0 aliphatic heterocycles. The van der Waals surface area contributed by atoms with Gasteiger partial charge < -0.3 is 5.73 Å². The highest BCUT2D eigenvalue weighted by molar-refractivity contribution is 5.72. The molecule has 70 valence electrons. The molecule has 0 radical (unpaired) electrons. The lowest BCUT2D eigenvalue weighted by molar-refractivity contribution is 1.02. The fraction of sp³-hybridized carbons (Fsp3) is 0.333. The van der Waals surface area contributed by atoms with Crippen LogP contribution in [0, 0.1) is 0 Å². The number of rotatable bonds is 2. The molecule has 0 amide bonds. The zero-order valence-corrected chi connectivity index (χ0v) is 7.09. The van der Waals surface area contributed by atoms with Crippen molar-refractivity contribution in [3.05, 3.63) is 41.5 Å². The standard InChI is InChI=1S/C11H13N.CH4/c12-8-7-10-6-5-9-3-1-2-4-11(9)10;/h1-4,6H,5,7-8,12H2;1H4. The van der Waals surface area contributed by atoms with Crippen molar-refractivity contribution in [2.75, 3.05) is 6.54 Å². The third-order valence-electron chi connectivity index (χ3n) is 2.35. The summed E-state index contributed by atoms with van der Waals surface area (Å²) in [5.74, 6) is 0. The Balaban J connectivity index is 0.000000845. The number of benzene rings is 1. The van der Waals surface area contributed by atoms with Crippen molar-refractivity contribution >= 4 is 5.57 Å². The van der Waals surface area contributed by atoms with E-state index in [1.54, 1.807) is 0 Å². The van der Waals surface area contributed by atoms with Crippen molar-refractivity contribution in [1.29, 1.82) is 0 Å². The monoisotopic (exact) mass is 175 g/mol. The highest BCUT2D eigenvalue weighted by Crippen LogP contribution is 2.28. The number of nitrogens with two attached hydrogens (primary N) is 1. The van der Waals surface area contributed by atoms with Crippen LogP contribution in [0.15, 0.2) is 30.3 Å². The van der Waals surface area contributed by atoms with Crippen LogP contribution in [-0.4, -0.2) is 6.54 Å². The predicted molar refractivity (Wildman–Crippen MR) is 58.5 cm³/mol. The van der Waals surface area contributed by atoms with Crippen LogP contribution in [0.3, 0.4) is 0 Å². The Labute approximate surface area is 80.3 Å². The van der Waals surface area contributed by atoms with E-state index in [-0.39, 0.29) is 7.43 Å². The Morgan fingerprint density at radius 3 is 2.77 bits per heavy atom. The molecule has 0 bridgehead atoms. The van der Waals surface area contributed by atoms with E-state index in [1.165, 1.54) is 16.7 Å². The van der Waals surface area contributed by atoms with E-state index in [0.717, 1.165) is 19.4 Å². The second-order valence-electron chi connectivity index (χ2n) is 3.13. The summed E-state index contributed by atoms with van der Waals surface area (Å²) in [5, 5.41) is 0. The summed E-state index contributed by atoms with van der Waals surface area (Å²) in [6.45, 7) is 0.750. The molecule has 13 heavy (non-hydrogen) atoms. The lowest BCUT2D eigenvalue weighted by atomic mass is 10.0. The average Bonchev–Trinajstić information content (AvgIpc) is 2.50. The average molecular weight is 175 g/mol. The number of hydrogen-bond donors (Lipinski definition) is 1. The van der Waals surface area contributed by atoms with Crippen LogP contribution in [0.4, 0.5) is 0 Å². The molecular formula is C12H17N. The van der Waals surface area contributed by atoms with Crippen molar-refractivity contribution in [3.8, 4) is 0 Å². The zero-order chi connectivity index (χ0) is 8.39. The van der Waals surface area contributed by atoms with E-state index in [1.807, 2.05) is 0 Å². The number of hydrogen-bond acceptors (Lipinski definition) is 1. The molecule has 1 aromatic carbocycles. The van der Waals surface area contributed by atoms with E-state index in [0.29, 0.717) is 0 Å². The van der Waals surface area contributed by atoms with Crippen LogP contribution in [-0.2, 0) is 6.42 Å². The Hall–Kier alpha value is -1.08. The Morgan fingerprint density at radius 1 is 1.23 bits per heavy atom. The lowest BCUT2D eigenvalue weighted by Gasteiger charge is -2.02. The molecule has 2 rings (SSSR count). The molecular weight excluding hydrogens is 158 g/mol. The van der Waals surface area contributed by atoms with Gasteiger partial charge in [-0.1, -0.05) is 37.8 Å². The molecule has 1 aromatic rings. The van der Waals surface area contributed by atoms with Crippen LogP contribution in [0.5, 0.6) is 0 Å². The number of fused-ring (bicyclic) bond motifs is 1. The van der Waals surface area contributed by atoms with Crippen molar-refractivity contribution in [2.45, 2.75) is 20.3 Å². The summed E-state index contributed by atoms with van der Waals surface area (Å²) in [5.41, 5.74) is 9.80. The van der Waals surface area contributed by atoms with E-state index in [9.17, 15) is 0 Å². The van der Waals surface area contributed by atoms with Crippen molar-refractivity contribution < 1.29 is 0 Å². The predicted octanol–water partition coefficient (Wildman–Crippen LogP) is 2.61. The van der Waals surface area contributed by atoms with Crippen LogP contribution >= 0.6 is 0 Å². The van der Waals surface area contributed by atoms with Gasteiger partial charge in [0.25, 0.3) is 0 Å². The molecule has 0 saturated heterocycles. The Bertz CT molecular complexity index is 313. The third kappa shape index (κ3) is 1.81. The summed E-state index contributed by atoms with van der Waals surface area (Å²) in [6.07, 6.45) is 4.39. The maximum atomic E-state index is 5.52. The maximum absolute atomic E-state index is 5.52. The molecule has 0 aromatic heterocycles. The fourth-order valence-corrected chi connectivity index (χ4v) is 1.75. The van der Waals surface area contributed by atoms with Gasteiger partial charge in [0, 0.05) is 0 Å². The summed E-state index contributed by atoms with van der Waals surface area (Å²) in [6, 6.07) is 8.56. The van der Waals surface area contributed by atoms with E-state index < -0.39 is 0 Å². The first-order chi connectivity index (χ1) is 5.92. The van der Waals surface area contributed by atoms with Crippen molar-refractivity contribution in [2.24, 2.45) is 5.73 Å². The van der Waals surface area contributed by atoms with Crippen molar-refractivity contribution in [1.82, 2.24) is 0 Å². The highest BCUT2D eigenvalue weighted by Gasteiger charge is 2.11. The molecule has 1 nitrogen and oxygen atoms in total. The van der Waals surface area contributed by atoms with Crippen LogP contribution < -0.4 is 5.73 Å². The minimum atomic E-state index is 0. The van der Waals surface area contributed by atoms with Crippen LogP contribution in [0.1, 0.15) is 25.0 Å². The molecule has 0 spiro atoms. The molecule has 1 heteroatoms. The van der Waals surface area contributed by atoms with Crippen molar-refractivity contribution in [3.63, 3.8) is 0 Å². The summed E-state index contributed by atoms with van der Waals surface area (Å²) in [7, 11) is 0. The second-order valence-corrected chi connectivity index (χ2v) is 3.13. The first-order valence-electron chi connectivity index (χ1n) is 4.39. The molecule has 0 unspecified atom stereocenters. The molecule has 0 saturated carbocycles. The highest BCUT2D eigenvalue weighted by atomic mass is 14.5. The molecule has 0 heterocycles. The van der Waals surface area contributed by atoms with Crippen LogP contribution in [0.25, 0.3) is 5.57 Å². The molecule has 1 aliphatic rings. The van der Waals surface area contributed by atoms with Gasteiger partial charge in [-0.05, 0) is 36.1 Å². The molecule has 0 fully saturated rings. The molecule has 1 aliphatic carbocycles. The topological polar surface area (TPSA) is 26.0 Å². The van der Waals surface area contributed by atoms with E-state index in [4.69, 9.17) is 5.73 Å². The van der Waals surface area contributed by atoms with Gasteiger partial charge in [0.05, 0.1) is 0 Å². The van der Waals surface area contributed by atoms with Gasteiger partial charge >= 0.3 is 0 Å². The fourth-order valence-electron chi connectivity index (χ4n) is 1.75. The third-order valence-corrected chi connectivity index (χ3v) is 2.35. The Kier molecular flexibility index (Phi) is 3.26. The minimum absolute atomic E-state index is 0. The van der Waals surface area contributed by atoms with Gasteiger partial charge in [0.2, 0.25) is 0 Å². The van der Waals surface area contributed by atoms with Gasteiger partial charge in [0.1, 0.15) is 0 Å². The summed E-state index contributed by atoms with van der Waals surface area (Å²) < 4.78 is 0. The van der Waals surface area contributed by atoms with Crippen LogP contribution in [0.2, 0.25) is 0 Å². The summed E-state index contributed by atoms with van der Waals surface area (Å²) >= 11 is 0. The zero-order valence-electron chi connectivity index (χ0n) is 7.09. The smallest absolute Gasteiger partial charge is 0.00366 e. The largest absolute Gasteiger partial charge is 0.330 e. The summed E-state index contributed by atoms with van der Waals surface area (Å²) in [4.78, 5) is 0. The van der Waals surface area contributed by atoms with E-state index in [2.05, 4.69) is 30.3 Å². The SMILES string of the molecule is C.NCCC1=CCc2ccccc21. The second kappa shape index (κ2) is 4.24. The first kappa shape index (κ1) is 10.0. The van der Waals surface area contributed by atoms with Gasteiger partial charge in [-0.25, -0.2) is 0 Å². The Morgan fingerprint density at radius 2 is 2.00 bits per heavy atom. The lowest BCUT2D eigenvalue weighted by Crippen LogP contribution is -1.98. The quantitative estimate of drug-likeness (QED) is 0.734. The van der Waals surface area contributed by atoms with Gasteiger partial charge in [-0.15, -0.1) is 0 Å². The normalized spacial score (nSPS) is 13.2. The maximum Gasteiger partial charge on any atom is -0.00366 e. The van der Waals surface area contributed by atoms with Gasteiger partial charge in [0.15, 0.2) is 0 Å².